The molecule has 0 aliphatic heterocycles. The minimum Gasteiger partial charge on any atom is -0.309 e. The molecule has 1 aromatic heterocycles. The van der Waals surface area contributed by atoms with Crippen LogP contribution >= 0.6 is 23.1 Å². The zero-order valence-corrected chi connectivity index (χ0v) is 10.9. The molecular formula is C12H19NS2. The van der Waals surface area contributed by atoms with E-state index >= 15 is 0 Å². The summed E-state index contributed by atoms with van der Waals surface area (Å²) in [5, 5.41) is 6.73. The molecule has 1 saturated carbocycles. The van der Waals surface area contributed by atoms with E-state index in [4.69, 9.17) is 0 Å². The lowest BCUT2D eigenvalue weighted by Gasteiger charge is -2.28. The number of hydrogen-bond acceptors (Lipinski definition) is 3. The lowest BCUT2D eigenvalue weighted by molar-refractivity contribution is 0.381. The van der Waals surface area contributed by atoms with E-state index < -0.39 is 0 Å². The molecule has 2 rings (SSSR count). The summed E-state index contributed by atoms with van der Waals surface area (Å²) in [6, 6.07) is 5.10. The number of thioether (sulfide) groups is 1. The van der Waals surface area contributed by atoms with E-state index in [1.54, 1.807) is 0 Å². The Balaban J connectivity index is 1.74. The molecule has 0 radical (unpaired) electrons. The van der Waals surface area contributed by atoms with Gasteiger partial charge in [0, 0.05) is 22.7 Å². The molecule has 1 nitrogen and oxygen atoms in total. The van der Waals surface area contributed by atoms with Gasteiger partial charge in [-0.25, -0.2) is 0 Å². The lowest BCUT2D eigenvalue weighted by atomic mass is 9.95. The first kappa shape index (κ1) is 11.5. The average molecular weight is 241 g/mol. The zero-order chi connectivity index (χ0) is 10.5. The molecule has 1 heterocycles. The smallest absolute Gasteiger partial charge is 0.0302 e. The van der Waals surface area contributed by atoms with Gasteiger partial charge in [0.05, 0.1) is 0 Å². The summed E-state index contributed by atoms with van der Waals surface area (Å²) in [5.41, 5.74) is 0. The van der Waals surface area contributed by atoms with Crippen LogP contribution in [0, 0.1) is 0 Å². The van der Waals surface area contributed by atoms with E-state index in [1.165, 1.54) is 30.6 Å². The summed E-state index contributed by atoms with van der Waals surface area (Å²) in [4.78, 5) is 1.46. The van der Waals surface area contributed by atoms with Crippen molar-refractivity contribution < 1.29 is 0 Å². The maximum atomic E-state index is 3.69. The van der Waals surface area contributed by atoms with Crippen molar-refractivity contribution in [2.75, 3.05) is 6.26 Å². The number of nitrogens with one attached hydrogen (secondary N) is 1. The molecule has 1 N–H and O–H groups in total. The van der Waals surface area contributed by atoms with Gasteiger partial charge in [-0.15, -0.1) is 11.3 Å². The van der Waals surface area contributed by atoms with Crippen molar-refractivity contribution in [1.82, 2.24) is 5.32 Å². The highest BCUT2D eigenvalue weighted by molar-refractivity contribution is 7.99. The largest absolute Gasteiger partial charge is 0.309 e. The Morgan fingerprint density at radius 3 is 3.20 bits per heavy atom. The van der Waals surface area contributed by atoms with E-state index in [0.717, 1.165) is 17.8 Å². The highest BCUT2D eigenvalue weighted by Gasteiger charge is 2.20. The number of rotatable bonds is 4. The molecule has 0 saturated heterocycles. The molecule has 1 aromatic rings. The Hall–Kier alpha value is 0.01000. The molecule has 2 atom stereocenters. The third-order valence-electron chi connectivity index (χ3n) is 3.10. The van der Waals surface area contributed by atoms with Gasteiger partial charge < -0.3 is 5.32 Å². The van der Waals surface area contributed by atoms with Crippen LogP contribution < -0.4 is 5.32 Å². The number of hydrogen-bond donors (Lipinski definition) is 1. The molecule has 15 heavy (non-hydrogen) atoms. The molecule has 0 spiro atoms. The van der Waals surface area contributed by atoms with Crippen molar-refractivity contribution in [3.8, 4) is 0 Å². The lowest BCUT2D eigenvalue weighted by Crippen LogP contribution is -2.34. The highest BCUT2D eigenvalue weighted by atomic mass is 32.2. The molecule has 2 unspecified atom stereocenters. The van der Waals surface area contributed by atoms with Crippen molar-refractivity contribution in [3.05, 3.63) is 22.4 Å². The summed E-state index contributed by atoms with van der Waals surface area (Å²) < 4.78 is 0. The topological polar surface area (TPSA) is 12.0 Å². The van der Waals surface area contributed by atoms with Crippen LogP contribution in [0.25, 0.3) is 0 Å². The fourth-order valence-electron chi connectivity index (χ4n) is 2.20. The van der Waals surface area contributed by atoms with Gasteiger partial charge in [0.15, 0.2) is 0 Å². The first-order valence-electron chi connectivity index (χ1n) is 5.67. The van der Waals surface area contributed by atoms with Crippen LogP contribution in [-0.4, -0.2) is 17.5 Å². The third kappa shape index (κ3) is 3.51. The van der Waals surface area contributed by atoms with Crippen LogP contribution in [0.5, 0.6) is 0 Å². The molecule has 1 aliphatic rings. The summed E-state index contributed by atoms with van der Waals surface area (Å²) >= 11 is 3.89. The van der Waals surface area contributed by atoms with E-state index in [1.807, 2.05) is 23.1 Å². The van der Waals surface area contributed by atoms with Crippen LogP contribution in [0.1, 0.15) is 30.6 Å². The fourth-order valence-corrected chi connectivity index (χ4v) is 3.69. The van der Waals surface area contributed by atoms with Crippen LogP contribution in [-0.2, 0) is 6.54 Å². The summed E-state index contributed by atoms with van der Waals surface area (Å²) in [7, 11) is 0. The van der Waals surface area contributed by atoms with Crippen LogP contribution in [0.3, 0.4) is 0 Å². The molecule has 3 heteroatoms. The van der Waals surface area contributed by atoms with Gasteiger partial charge in [0.1, 0.15) is 0 Å². The van der Waals surface area contributed by atoms with Gasteiger partial charge in [-0.05, 0) is 37.0 Å². The maximum Gasteiger partial charge on any atom is 0.0302 e. The van der Waals surface area contributed by atoms with E-state index in [-0.39, 0.29) is 0 Å². The molecule has 0 bridgehead atoms. The number of thiophene rings is 1. The van der Waals surface area contributed by atoms with Crippen LogP contribution in [0.4, 0.5) is 0 Å². The molecule has 0 amide bonds. The van der Waals surface area contributed by atoms with Gasteiger partial charge in [0.25, 0.3) is 0 Å². The van der Waals surface area contributed by atoms with Gasteiger partial charge >= 0.3 is 0 Å². The predicted molar refractivity (Wildman–Crippen MR) is 70.7 cm³/mol. The monoisotopic (exact) mass is 241 g/mol. The average Bonchev–Trinajstić information content (AvgIpc) is 2.79. The highest BCUT2D eigenvalue weighted by Crippen LogP contribution is 2.27. The molecular weight excluding hydrogens is 222 g/mol. The predicted octanol–water partition coefficient (Wildman–Crippen LogP) is 3.51. The Bertz CT molecular complexity index is 271. The minimum absolute atomic E-state index is 0.748. The van der Waals surface area contributed by atoms with Gasteiger partial charge in [-0.1, -0.05) is 12.5 Å². The summed E-state index contributed by atoms with van der Waals surface area (Å²) in [5.74, 6) is 0. The van der Waals surface area contributed by atoms with Crippen molar-refractivity contribution >= 4 is 23.1 Å². The van der Waals surface area contributed by atoms with E-state index in [2.05, 4.69) is 29.1 Å². The van der Waals surface area contributed by atoms with Gasteiger partial charge in [-0.3, -0.25) is 0 Å². The first-order chi connectivity index (χ1) is 7.38. The van der Waals surface area contributed by atoms with Crippen molar-refractivity contribution in [2.45, 2.75) is 43.5 Å². The second kappa shape index (κ2) is 5.92. The Labute approximate surface area is 101 Å². The first-order valence-corrected chi connectivity index (χ1v) is 7.84. The molecule has 84 valence electrons. The minimum atomic E-state index is 0.748. The van der Waals surface area contributed by atoms with Crippen molar-refractivity contribution in [3.63, 3.8) is 0 Å². The fraction of sp³-hybridized carbons (Fsp3) is 0.667. The van der Waals surface area contributed by atoms with Crippen LogP contribution in [0.15, 0.2) is 17.5 Å². The van der Waals surface area contributed by atoms with Crippen molar-refractivity contribution in [2.24, 2.45) is 0 Å². The molecule has 1 fully saturated rings. The second-order valence-corrected chi connectivity index (χ2v) is 6.35. The van der Waals surface area contributed by atoms with E-state index in [0.29, 0.717) is 0 Å². The van der Waals surface area contributed by atoms with Crippen LogP contribution in [0.2, 0.25) is 0 Å². The summed E-state index contributed by atoms with van der Waals surface area (Å²) in [6.07, 6.45) is 7.77. The Morgan fingerprint density at radius 2 is 2.47 bits per heavy atom. The summed E-state index contributed by atoms with van der Waals surface area (Å²) in [6.45, 7) is 1.06. The quantitative estimate of drug-likeness (QED) is 0.866. The maximum absolute atomic E-state index is 3.69. The van der Waals surface area contributed by atoms with Gasteiger partial charge in [0.2, 0.25) is 0 Å². The van der Waals surface area contributed by atoms with E-state index in [9.17, 15) is 0 Å². The normalized spacial score (nSPS) is 26.7. The van der Waals surface area contributed by atoms with Gasteiger partial charge in [-0.2, -0.15) is 11.8 Å². The Morgan fingerprint density at radius 1 is 1.53 bits per heavy atom. The zero-order valence-electron chi connectivity index (χ0n) is 9.24. The molecule has 0 aromatic carbocycles. The third-order valence-corrected chi connectivity index (χ3v) is 5.08. The Kier molecular flexibility index (Phi) is 4.54. The molecule has 1 aliphatic carbocycles. The second-order valence-electron chi connectivity index (χ2n) is 4.18. The van der Waals surface area contributed by atoms with Crippen molar-refractivity contribution in [1.29, 1.82) is 0 Å². The standard InChI is InChI=1S/C12H19NS2/c1-14-11-5-2-4-10(8-11)13-9-12-6-3-7-15-12/h3,6-7,10-11,13H,2,4-5,8-9H2,1H3. The SMILES string of the molecule is CSC1CCCC(NCc2cccs2)C1.